The Labute approximate surface area is 112 Å². The molecule has 96 valence electrons. The Balaban J connectivity index is 1.68. The summed E-state index contributed by atoms with van der Waals surface area (Å²) < 4.78 is 14.6. The first kappa shape index (κ1) is 11.9. The lowest BCUT2D eigenvalue weighted by atomic mass is 10.2. The van der Waals surface area contributed by atoms with Gasteiger partial charge in [0.25, 0.3) is 0 Å². The minimum Gasteiger partial charge on any atom is -0.326 e. The summed E-state index contributed by atoms with van der Waals surface area (Å²) in [5.41, 5.74) is 1.29. The number of fused-ring (bicyclic) bond motifs is 1. The number of nitrogens with zero attached hydrogens (tertiary/aromatic N) is 2. The van der Waals surface area contributed by atoms with Gasteiger partial charge in [-0.1, -0.05) is 0 Å². The summed E-state index contributed by atoms with van der Waals surface area (Å²) in [6.07, 6.45) is 3.93. The smallest absolute Gasteiger partial charge is 0.230 e. The third kappa shape index (κ3) is 2.63. The SMILES string of the molecule is O=C(Cc1cn2ccsc2n1)Nc1ccc(F)cc1. The summed E-state index contributed by atoms with van der Waals surface area (Å²) >= 11 is 1.52. The highest BCUT2D eigenvalue weighted by atomic mass is 32.1. The lowest BCUT2D eigenvalue weighted by Crippen LogP contribution is -2.14. The van der Waals surface area contributed by atoms with Gasteiger partial charge in [-0.2, -0.15) is 0 Å². The van der Waals surface area contributed by atoms with Gasteiger partial charge in [-0.3, -0.25) is 9.20 Å². The number of amides is 1. The zero-order valence-electron chi connectivity index (χ0n) is 9.84. The summed E-state index contributed by atoms with van der Waals surface area (Å²) in [6.45, 7) is 0. The molecule has 1 amide bonds. The van der Waals surface area contributed by atoms with Crippen LogP contribution in [0.15, 0.2) is 42.0 Å². The second kappa shape index (κ2) is 4.81. The summed E-state index contributed by atoms with van der Waals surface area (Å²) in [5, 5.41) is 4.64. The lowest BCUT2D eigenvalue weighted by Gasteiger charge is -2.03. The maximum atomic E-state index is 12.7. The average Bonchev–Trinajstić information content (AvgIpc) is 2.92. The molecule has 1 aromatic carbocycles. The van der Waals surface area contributed by atoms with Gasteiger partial charge in [0, 0.05) is 23.5 Å². The van der Waals surface area contributed by atoms with Gasteiger partial charge in [-0.25, -0.2) is 9.37 Å². The van der Waals surface area contributed by atoms with E-state index in [9.17, 15) is 9.18 Å². The number of hydrogen-bond acceptors (Lipinski definition) is 3. The van der Waals surface area contributed by atoms with E-state index in [-0.39, 0.29) is 18.1 Å². The van der Waals surface area contributed by atoms with E-state index in [0.29, 0.717) is 11.4 Å². The highest BCUT2D eigenvalue weighted by Gasteiger charge is 2.08. The van der Waals surface area contributed by atoms with Crippen molar-refractivity contribution in [2.45, 2.75) is 6.42 Å². The van der Waals surface area contributed by atoms with Gasteiger partial charge >= 0.3 is 0 Å². The highest BCUT2D eigenvalue weighted by Crippen LogP contribution is 2.13. The molecule has 0 spiro atoms. The summed E-state index contributed by atoms with van der Waals surface area (Å²) in [4.78, 5) is 17.0. The third-order valence-corrected chi connectivity index (χ3v) is 3.38. The fourth-order valence-corrected chi connectivity index (χ4v) is 2.48. The van der Waals surface area contributed by atoms with Crippen molar-refractivity contribution in [3.63, 3.8) is 0 Å². The predicted octanol–water partition coefficient (Wildman–Crippen LogP) is 2.72. The van der Waals surface area contributed by atoms with E-state index in [1.807, 2.05) is 22.2 Å². The van der Waals surface area contributed by atoms with Crippen LogP contribution in [0.4, 0.5) is 10.1 Å². The summed E-state index contributed by atoms with van der Waals surface area (Å²) in [5.74, 6) is -0.496. The van der Waals surface area contributed by atoms with Crippen LogP contribution in [0.2, 0.25) is 0 Å². The number of hydrogen-bond donors (Lipinski definition) is 1. The maximum absolute atomic E-state index is 12.7. The van der Waals surface area contributed by atoms with Crippen molar-refractivity contribution in [3.05, 3.63) is 53.6 Å². The molecule has 3 rings (SSSR count). The van der Waals surface area contributed by atoms with Crippen molar-refractivity contribution in [1.29, 1.82) is 0 Å². The van der Waals surface area contributed by atoms with E-state index in [0.717, 1.165) is 4.96 Å². The van der Waals surface area contributed by atoms with E-state index in [4.69, 9.17) is 0 Å². The first-order valence-electron chi connectivity index (χ1n) is 5.67. The van der Waals surface area contributed by atoms with Gasteiger partial charge in [-0.05, 0) is 24.3 Å². The number of nitrogens with one attached hydrogen (secondary N) is 1. The van der Waals surface area contributed by atoms with Gasteiger partial charge < -0.3 is 5.32 Å². The Hall–Kier alpha value is -2.21. The van der Waals surface area contributed by atoms with Crippen LogP contribution in [0.3, 0.4) is 0 Å². The molecule has 2 heterocycles. The highest BCUT2D eigenvalue weighted by molar-refractivity contribution is 7.15. The minimum atomic E-state index is -0.327. The molecule has 19 heavy (non-hydrogen) atoms. The molecule has 3 aromatic rings. The van der Waals surface area contributed by atoms with Crippen LogP contribution >= 0.6 is 11.3 Å². The first-order chi connectivity index (χ1) is 9.20. The van der Waals surface area contributed by atoms with Gasteiger partial charge in [0.05, 0.1) is 12.1 Å². The molecule has 4 nitrogen and oxygen atoms in total. The molecule has 0 aliphatic carbocycles. The van der Waals surface area contributed by atoms with Crippen molar-refractivity contribution in [2.75, 3.05) is 5.32 Å². The number of carbonyl (C=O) groups is 1. The largest absolute Gasteiger partial charge is 0.326 e. The quantitative estimate of drug-likeness (QED) is 0.799. The number of aromatic nitrogens is 2. The number of imidazole rings is 1. The molecule has 0 atom stereocenters. The van der Waals surface area contributed by atoms with Crippen LogP contribution in [0.1, 0.15) is 5.69 Å². The van der Waals surface area contributed by atoms with Crippen LogP contribution in [0.25, 0.3) is 4.96 Å². The number of carbonyl (C=O) groups excluding carboxylic acids is 1. The van der Waals surface area contributed by atoms with Crippen molar-refractivity contribution in [1.82, 2.24) is 9.38 Å². The summed E-state index contributed by atoms with van der Waals surface area (Å²) in [6, 6.07) is 5.67. The van der Waals surface area contributed by atoms with E-state index >= 15 is 0 Å². The molecule has 2 aromatic heterocycles. The molecule has 0 aliphatic rings. The van der Waals surface area contributed by atoms with Crippen molar-refractivity contribution < 1.29 is 9.18 Å². The number of thiazole rings is 1. The second-order valence-corrected chi connectivity index (χ2v) is 4.93. The number of halogens is 1. The molecule has 0 aliphatic heterocycles. The zero-order chi connectivity index (χ0) is 13.2. The monoisotopic (exact) mass is 275 g/mol. The maximum Gasteiger partial charge on any atom is 0.230 e. The Kier molecular flexibility index (Phi) is 3.00. The fraction of sp³-hybridized carbons (Fsp3) is 0.0769. The van der Waals surface area contributed by atoms with E-state index < -0.39 is 0 Å². The second-order valence-electron chi connectivity index (χ2n) is 4.06. The molecule has 1 N–H and O–H groups in total. The molecule has 0 saturated heterocycles. The predicted molar refractivity (Wildman–Crippen MR) is 71.8 cm³/mol. The van der Waals surface area contributed by atoms with Gasteiger partial charge in [0.1, 0.15) is 5.82 Å². The standard InChI is InChI=1S/C13H10FN3OS/c14-9-1-3-10(4-2-9)15-12(18)7-11-8-17-5-6-19-13(17)16-11/h1-6,8H,7H2,(H,15,18). The van der Waals surface area contributed by atoms with Crippen LogP contribution < -0.4 is 5.32 Å². The van der Waals surface area contributed by atoms with Gasteiger partial charge in [-0.15, -0.1) is 11.3 Å². The van der Waals surface area contributed by atoms with Crippen molar-refractivity contribution >= 4 is 27.9 Å². The molecular formula is C13H10FN3OS. The van der Waals surface area contributed by atoms with Crippen LogP contribution in [0, 0.1) is 5.82 Å². The Morgan fingerprint density at radius 2 is 2.16 bits per heavy atom. The molecule has 0 bridgehead atoms. The van der Waals surface area contributed by atoms with Gasteiger partial charge in [0.2, 0.25) is 5.91 Å². The van der Waals surface area contributed by atoms with Crippen LogP contribution in [-0.2, 0) is 11.2 Å². The van der Waals surface area contributed by atoms with Crippen LogP contribution in [-0.4, -0.2) is 15.3 Å². The minimum absolute atomic E-state index is 0.169. The number of anilines is 1. The molecule has 0 fully saturated rings. The van der Waals surface area contributed by atoms with Gasteiger partial charge in [0.15, 0.2) is 4.96 Å². The zero-order valence-corrected chi connectivity index (χ0v) is 10.7. The Morgan fingerprint density at radius 1 is 1.37 bits per heavy atom. The third-order valence-electron chi connectivity index (χ3n) is 2.61. The van der Waals surface area contributed by atoms with Crippen LogP contribution in [0.5, 0.6) is 0 Å². The van der Waals surface area contributed by atoms with Crippen molar-refractivity contribution in [3.8, 4) is 0 Å². The average molecular weight is 275 g/mol. The summed E-state index contributed by atoms with van der Waals surface area (Å²) in [7, 11) is 0. The molecule has 6 heteroatoms. The first-order valence-corrected chi connectivity index (χ1v) is 6.55. The Morgan fingerprint density at radius 3 is 2.89 bits per heavy atom. The lowest BCUT2D eigenvalue weighted by molar-refractivity contribution is -0.115. The molecular weight excluding hydrogens is 265 g/mol. The topological polar surface area (TPSA) is 46.4 Å². The van der Waals surface area contributed by atoms with Crippen molar-refractivity contribution in [2.24, 2.45) is 0 Å². The number of benzene rings is 1. The van der Waals surface area contributed by atoms with E-state index in [1.54, 1.807) is 0 Å². The molecule has 0 unspecified atom stereocenters. The fourth-order valence-electron chi connectivity index (χ4n) is 1.76. The number of rotatable bonds is 3. The normalized spacial score (nSPS) is 10.8. The van der Waals surface area contributed by atoms with E-state index in [1.165, 1.54) is 35.6 Å². The Bertz CT molecular complexity index is 688. The molecule has 0 saturated carbocycles. The van der Waals surface area contributed by atoms with E-state index in [2.05, 4.69) is 10.3 Å². The molecule has 0 radical (unpaired) electrons.